The second-order valence-electron chi connectivity index (χ2n) is 8.59. The van der Waals surface area contributed by atoms with Gasteiger partial charge < -0.3 is 20.1 Å². The van der Waals surface area contributed by atoms with Crippen LogP contribution < -0.4 is 0 Å². The lowest BCUT2D eigenvalue weighted by Gasteiger charge is -2.23. The number of unbranched alkanes of at least 4 members (excludes halogenated alkanes) is 1. The minimum absolute atomic E-state index is 0.00131. The zero-order valence-electron chi connectivity index (χ0n) is 18.4. The average molecular weight is 497 g/mol. The van der Waals surface area contributed by atoms with Crippen molar-refractivity contribution < 1.29 is 24.9 Å². The van der Waals surface area contributed by atoms with Crippen LogP contribution in [0.1, 0.15) is 63.9 Å². The Morgan fingerprint density at radius 1 is 1.16 bits per heavy atom. The zero-order valence-corrected chi connectivity index (χ0v) is 20.0. The van der Waals surface area contributed by atoms with E-state index < -0.39 is 18.3 Å². The van der Waals surface area contributed by atoms with Crippen LogP contribution in [0.25, 0.3) is 0 Å². The highest BCUT2D eigenvalue weighted by Crippen LogP contribution is 2.38. The summed E-state index contributed by atoms with van der Waals surface area (Å²) in [4.78, 5) is 11.5. The molecule has 1 aliphatic rings. The van der Waals surface area contributed by atoms with Gasteiger partial charge in [0.05, 0.1) is 18.3 Å². The molecule has 1 aromatic carbocycles. The second kappa shape index (κ2) is 14.0. The monoisotopic (exact) mass is 496 g/mol. The lowest BCUT2D eigenvalue weighted by Crippen LogP contribution is -2.23. The summed E-state index contributed by atoms with van der Waals surface area (Å²) >= 11 is 3.19. The van der Waals surface area contributed by atoms with Gasteiger partial charge in [0.25, 0.3) is 0 Å². The number of esters is 1. The Kier molecular flexibility index (Phi) is 11.8. The molecule has 0 heterocycles. The van der Waals surface area contributed by atoms with Gasteiger partial charge in [-0.3, -0.25) is 4.79 Å². The van der Waals surface area contributed by atoms with Crippen LogP contribution in [-0.4, -0.2) is 44.6 Å². The van der Waals surface area contributed by atoms with E-state index in [4.69, 9.17) is 4.74 Å². The summed E-state index contributed by atoms with van der Waals surface area (Å²) in [6.45, 7) is 1.76. The van der Waals surface area contributed by atoms with E-state index in [9.17, 15) is 20.1 Å². The van der Waals surface area contributed by atoms with Crippen molar-refractivity contribution in [1.29, 1.82) is 0 Å². The number of hydrogen-bond donors (Lipinski definition) is 3. The topological polar surface area (TPSA) is 87.0 Å². The lowest BCUT2D eigenvalue weighted by atomic mass is 9.85. The van der Waals surface area contributed by atoms with E-state index in [-0.39, 0.29) is 22.8 Å². The number of aliphatic hydroxyl groups is 3. The number of aryl methyl sites for hydroxylation is 1. The number of hydrogen-bond acceptors (Lipinski definition) is 5. The normalized spacial score (nSPS) is 25.6. The molecule has 0 bridgehead atoms. The molecule has 0 amide bonds. The van der Waals surface area contributed by atoms with Crippen LogP contribution in [0.15, 0.2) is 42.5 Å². The number of allylic oxidation sites excluding steroid dienone is 2. The molecule has 1 aromatic rings. The predicted molar refractivity (Wildman–Crippen MR) is 126 cm³/mol. The second-order valence-corrected chi connectivity index (χ2v) is 9.88. The standard InChI is InChI=1S/C25H37BrO5/c1-18(26)31-25(30)12-8-3-2-7-11-21-22(24(29)17-23(21)28)16-15-20(27)14-13-19-9-5-4-6-10-19/h2,4-7,9-10,18,20-24,27-29H,3,8,11-17H2,1H3/b7-2-/t18?,20-,21+,22+,23-,24+/m0/s1. The van der Waals surface area contributed by atoms with Gasteiger partial charge in [-0.2, -0.15) is 0 Å². The number of benzene rings is 1. The molecular weight excluding hydrogens is 460 g/mol. The Labute approximate surface area is 194 Å². The van der Waals surface area contributed by atoms with E-state index >= 15 is 0 Å². The Balaban J connectivity index is 1.70. The van der Waals surface area contributed by atoms with E-state index in [2.05, 4.69) is 28.1 Å². The Morgan fingerprint density at radius 3 is 2.58 bits per heavy atom. The molecule has 1 aliphatic carbocycles. The summed E-state index contributed by atoms with van der Waals surface area (Å²) in [5, 5.41) is 30.9. The molecule has 0 aromatic heterocycles. The van der Waals surface area contributed by atoms with Crippen LogP contribution in [0.3, 0.4) is 0 Å². The van der Waals surface area contributed by atoms with Crippen LogP contribution in [0.2, 0.25) is 0 Å². The fourth-order valence-corrected chi connectivity index (χ4v) is 4.60. The molecule has 6 heteroatoms. The minimum atomic E-state index is -0.518. The summed E-state index contributed by atoms with van der Waals surface area (Å²) in [7, 11) is 0. The van der Waals surface area contributed by atoms with Crippen molar-refractivity contribution in [2.24, 2.45) is 11.8 Å². The number of alkyl halides is 1. The average Bonchev–Trinajstić information content (AvgIpc) is 3.00. The highest BCUT2D eigenvalue weighted by molar-refractivity contribution is 9.09. The van der Waals surface area contributed by atoms with Crippen LogP contribution in [0.5, 0.6) is 0 Å². The van der Waals surface area contributed by atoms with Crippen molar-refractivity contribution in [3.05, 3.63) is 48.0 Å². The molecule has 0 saturated heterocycles. The zero-order chi connectivity index (χ0) is 22.6. The molecule has 31 heavy (non-hydrogen) atoms. The van der Waals surface area contributed by atoms with E-state index in [0.29, 0.717) is 38.5 Å². The summed E-state index contributed by atoms with van der Waals surface area (Å²) in [5.41, 5.74) is 1.22. The van der Waals surface area contributed by atoms with Crippen LogP contribution in [0.4, 0.5) is 0 Å². The van der Waals surface area contributed by atoms with Gasteiger partial charge in [0, 0.05) is 6.42 Å². The van der Waals surface area contributed by atoms with Crippen molar-refractivity contribution in [2.75, 3.05) is 0 Å². The third-order valence-electron chi connectivity index (χ3n) is 6.08. The van der Waals surface area contributed by atoms with Crippen LogP contribution in [-0.2, 0) is 16.0 Å². The van der Waals surface area contributed by atoms with Gasteiger partial charge >= 0.3 is 5.97 Å². The van der Waals surface area contributed by atoms with Gasteiger partial charge in [-0.1, -0.05) is 42.5 Å². The Hall–Kier alpha value is -1.21. The van der Waals surface area contributed by atoms with E-state index in [1.54, 1.807) is 6.92 Å². The molecule has 174 valence electrons. The van der Waals surface area contributed by atoms with Crippen molar-refractivity contribution in [2.45, 2.75) is 88.0 Å². The van der Waals surface area contributed by atoms with E-state index in [1.807, 2.05) is 30.4 Å². The molecule has 0 radical (unpaired) electrons. The maximum Gasteiger partial charge on any atom is 0.306 e. The number of carbonyl (C=O) groups excluding carboxylic acids is 1. The number of aliphatic hydroxyl groups excluding tert-OH is 3. The van der Waals surface area contributed by atoms with E-state index in [1.165, 1.54) is 5.56 Å². The smallest absolute Gasteiger partial charge is 0.306 e. The fourth-order valence-electron chi connectivity index (χ4n) is 4.39. The van der Waals surface area contributed by atoms with Gasteiger partial charge in [-0.15, -0.1) is 0 Å². The molecule has 1 unspecified atom stereocenters. The highest BCUT2D eigenvalue weighted by Gasteiger charge is 2.40. The highest BCUT2D eigenvalue weighted by atomic mass is 79.9. The Morgan fingerprint density at radius 2 is 1.87 bits per heavy atom. The maximum absolute atomic E-state index is 11.5. The minimum Gasteiger partial charge on any atom is -0.451 e. The van der Waals surface area contributed by atoms with E-state index in [0.717, 1.165) is 19.3 Å². The third-order valence-corrected chi connectivity index (χ3v) is 6.27. The number of rotatable bonds is 13. The van der Waals surface area contributed by atoms with Gasteiger partial charge in [0.2, 0.25) is 0 Å². The third kappa shape index (κ3) is 9.85. The first-order valence-electron chi connectivity index (χ1n) is 11.4. The maximum atomic E-state index is 11.5. The van der Waals surface area contributed by atoms with Gasteiger partial charge in [-0.05, 0) is 91.6 Å². The first-order chi connectivity index (χ1) is 14.9. The quantitative estimate of drug-likeness (QED) is 0.162. The molecule has 6 atom stereocenters. The van der Waals surface area contributed by atoms with Crippen molar-refractivity contribution in [1.82, 2.24) is 0 Å². The SMILES string of the molecule is CC(Br)OC(=O)CCC/C=C\C[C@@H]1[C@@H](CC[C@@H](O)CCc2ccccc2)[C@H](O)C[C@@H]1O. The molecule has 0 aliphatic heterocycles. The summed E-state index contributed by atoms with van der Waals surface area (Å²) < 4.78 is 5.04. The summed E-state index contributed by atoms with van der Waals surface area (Å²) in [6.07, 6.45) is 8.53. The Bertz CT molecular complexity index is 663. The first-order valence-corrected chi connectivity index (χ1v) is 12.3. The first kappa shape index (κ1) is 26.0. The molecule has 0 spiro atoms. The molecule has 5 nitrogen and oxygen atoms in total. The van der Waals surface area contributed by atoms with Gasteiger partial charge in [-0.25, -0.2) is 0 Å². The largest absolute Gasteiger partial charge is 0.451 e. The molecule has 1 fully saturated rings. The summed E-state index contributed by atoms with van der Waals surface area (Å²) in [5.74, 6) is -0.203. The molecule has 2 rings (SSSR count). The van der Waals surface area contributed by atoms with Gasteiger partial charge in [0.15, 0.2) is 5.01 Å². The van der Waals surface area contributed by atoms with Crippen molar-refractivity contribution >= 4 is 21.9 Å². The molecule has 1 saturated carbocycles. The number of halogens is 1. The number of ether oxygens (including phenoxy) is 1. The van der Waals surface area contributed by atoms with Crippen LogP contribution >= 0.6 is 15.9 Å². The van der Waals surface area contributed by atoms with Gasteiger partial charge in [0.1, 0.15) is 0 Å². The molecular formula is C25H37BrO5. The lowest BCUT2D eigenvalue weighted by molar-refractivity contribution is -0.144. The van der Waals surface area contributed by atoms with Crippen molar-refractivity contribution in [3.8, 4) is 0 Å². The molecule has 3 N–H and O–H groups in total. The number of carbonyl (C=O) groups is 1. The predicted octanol–water partition coefficient (Wildman–Crippen LogP) is 4.52. The fraction of sp³-hybridized carbons (Fsp3) is 0.640. The van der Waals surface area contributed by atoms with Crippen LogP contribution in [0, 0.1) is 11.8 Å². The summed E-state index contributed by atoms with van der Waals surface area (Å²) in [6, 6.07) is 10.1. The van der Waals surface area contributed by atoms with Crippen molar-refractivity contribution in [3.63, 3.8) is 0 Å².